The number of carbonyl (C=O) groups is 2. The molecule has 2 amide bonds. The Bertz CT molecular complexity index is 1120. The van der Waals surface area contributed by atoms with Crippen molar-refractivity contribution in [2.75, 3.05) is 37.9 Å². The third kappa shape index (κ3) is 5.01. The van der Waals surface area contributed by atoms with E-state index >= 15 is 0 Å². The average molecular weight is 455 g/mol. The van der Waals surface area contributed by atoms with Crippen LogP contribution < -0.4 is 20.1 Å². The third-order valence-corrected chi connectivity index (χ3v) is 5.87. The van der Waals surface area contributed by atoms with Gasteiger partial charge < -0.3 is 14.8 Å². The predicted octanol–water partition coefficient (Wildman–Crippen LogP) is 2.20. The maximum atomic E-state index is 12.6. The maximum absolute atomic E-state index is 12.6. The van der Waals surface area contributed by atoms with Gasteiger partial charge in [-0.2, -0.15) is 0 Å². The molecule has 0 aliphatic carbocycles. The summed E-state index contributed by atoms with van der Waals surface area (Å²) in [5.74, 6) is 0.687. The van der Waals surface area contributed by atoms with E-state index in [0.29, 0.717) is 41.8 Å². The fraction of sp³-hybridized carbons (Fsp3) is 0.286. The van der Waals surface area contributed by atoms with E-state index in [2.05, 4.69) is 25.6 Å². The number of methoxy groups -OCH3 is 2. The van der Waals surface area contributed by atoms with Crippen molar-refractivity contribution in [2.24, 2.45) is 0 Å². The lowest BCUT2D eigenvalue weighted by atomic mass is 10.2. The number of amides is 2. The Balaban J connectivity index is 1.35. The summed E-state index contributed by atoms with van der Waals surface area (Å²) in [6, 6.07) is 5.23. The first kappa shape index (κ1) is 21.7. The van der Waals surface area contributed by atoms with E-state index in [-0.39, 0.29) is 24.1 Å². The van der Waals surface area contributed by atoms with Crippen molar-refractivity contribution in [3.8, 4) is 11.5 Å². The van der Waals surface area contributed by atoms with Crippen molar-refractivity contribution in [1.82, 2.24) is 19.9 Å². The second-order valence-corrected chi connectivity index (χ2v) is 8.09. The first-order valence-electron chi connectivity index (χ1n) is 9.86. The molecule has 2 aromatic heterocycles. The standard InChI is InChI=1S/C21H22N6O4S/c1-30-13-3-4-14(17(9-13)31-2)24-19(28)12-27-8-5-15-18(11-27)32-21(25-15)26-20(29)16-10-22-6-7-23-16/h3-4,6-7,9-10H,5,8,11-12H2,1-2H3,(H,24,28)(H,25,26,29). The first-order chi connectivity index (χ1) is 15.6. The number of hydrogen-bond donors (Lipinski definition) is 2. The van der Waals surface area contributed by atoms with Crippen LogP contribution in [-0.4, -0.2) is 59.0 Å². The van der Waals surface area contributed by atoms with Crippen LogP contribution in [0.2, 0.25) is 0 Å². The zero-order valence-corrected chi connectivity index (χ0v) is 18.4. The van der Waals surface area contributed by atoms with Gasteiger partial charge in [-0.05, 0) is 12.1 Å². The molecule has 3 heterocycles. The Morgan fingerprint density at radius 1 is 1.19 bits per heavy atom. The number of benzene rings is 1. The summed E-state index contributed by atoms with van der Waals surface area (Å²) in [5, 5.41) is 6.17. The molecular formula is C21H22N6O4S. The minimum atomic E-state index is -0.353. The Hall–Kier alpha value is -3.57. The second-order valence-electron chi connectivity index (χ2n) is 7.01. The monoisotopic (exact) mass is 454 g/mol. The molecule has 11 heteroatoms. The summed E-state index contributed by atoms with van der Waals surface area (Å²) in [4.78, 5) is 40.4. The third-order valence-electron chi connectivity index (χ3n) is 4.88. The van der Waals surface area contributed by atoms with Crippen LogP contribution in [0.5, 0.6) is 11.5 Å². The van der Waals surface area contributed by atoms with Crippen molar-refractivity contribution in [3.63, 3.8) is 0 Å². The molecule has 0 spiro atoms. The molecule has 3 aromatic rings. The molecule has 0 saturated heterocycles. The van der Waals surface area contributed by atoms with Crippen LogP contribution >= 0.6 is 11.3 Å². The molecule has 2 N–H and O–H groups in total. The van der Waals surface area contributed by atoms with Crippen LogP contribution in [0.15, 0.2) is 36.8 Å². The fourth-order valence-corrected chi connectivity index (χ4v) is 4.35. The summed E-state index contributed by atoms with van der Waals surface area (Å²) in [7, 11) is 3.12. The molecule has 0 unspecified atom stereocenters. The Morgan fingerprint density at radius 2 is 2.06 bits per heavy atom. The van der Waals surface area contributed by atoms with Crippen LogP contribution in [0, 0.1) is 0 Å². The fourth-order valence-electron chi connectivity index (χ4n) is 3.31. The van der Waals surface area contributed by atoms with Gasteiger partial charge >= 0.3 is 0 Å². The van der Waals surface area contributed by atoms with E-state index in [1.54, 1.807) is 32.4 Å². The van der Waals surface area contributed by atoms with Crippen molar-refractivity contribution in [2.45, 2.75) is 13.0 Å². The highest BCUT2D eigenvalue weighted by atomic mass is 32.1. The molecule has 0 atom stereocenters. The number of nitrogens with one attached hydrogen (secondary N) is 2. The van der Waals surface area contributed by atoms with E-state index in [1.807, 2.05) is 4.90 Å². The van der Waals surface area contributed by atoms with Crippen LogP contribution in [0.1, 0.15) is 21.1 Å². The summed E-state index contributed by atoms with van der Waals surface area (Å²) >= 11 is 1.40. The number of aromatic nitrogens is 3. The van der Waals surface area contributed by atoms with Crippen molar-refractivity contribution in [1.29, 1.82) is 0 Å². The molecule has 1 aromatic carbocycles. The molecule has 4 rings (SSSR count). The van der Waals surface area contributed by atoms with Gasteiger partial charge in [0.2, 0.25) is 5.91 Å². The zero-order chi connectivity index (χ0) is 22.5. The van der Waals surface area contributed by atoms with Gasteiger partial charge in [0, 0.05) is 42.8 Å². The van der Waals surface area contributed by atoms with Gasteiger partial charge in [0.25, 0.3) is 5.91 Å². The lowest BCUT2D eigenvalue weighted by Crippen LogP contribution is -2.36. The minimum absolute atomic E-state index is 0.141. The van der Waals surface area contributed by atoms with Gasteiger partial charge in [-0.25, -0.2) is 9.97 Å². The first-order valence-corrected chi connectivity index (χ1v) is 10.7. The SMILES string of the molecule is COc1ccc(NC(=O)CN2CCc3nc(NC(=O)c4cnccn4)sc3C2)c(OC)c1. The van der Waals surface area contributed by atoms with E-state index in [9.17, 15) is 9.59 Å². The van der Waals surface area contributed by atoms with E-state index in [4.69, 9.17) is 9.47 Å². The number of fused-ring (bicyclic) bond motifs is 1. The van der Waals surface area contributed by atoms with E-state index in [0.717, 1.165) is 10.6 Å². The maximum Gasteiger partial charge on any atom is 0.277 e. The van der Waals surface area contributed by atoms with Crippen molar-refractivity contribution < 1.29 is 19.1 Å². The van der Waals surface area contributed by atoms with E-state index in [1.165, 1.54) is 29.9 Å². The smallest absolute Gasteiger partial charge is 0.277 e. The Morgan fingerprint density at radius 3 is 2.81 bits per heavy atom. The lowest BCUT2D eigenvalue weighted by Gasteiger charge is -2.25. The summed E-state index contributed by atoms with van der Waals surface area (Å²) < 4.78 is 10.5. The summed E-state index contributed by atoms with van der Waals surface area (Å²) in [6.07, 6.45) is 5.08. The lowest BCUT2D eigenvalue weighted by molar-refractivity contribution is -0.117. The van der Waals surface area contributed by atoms with Crippen LogP contribution in [0.3, 0.4) is 0 Å². The highest BCUT2D eigenvalue weighted by molar-refractivity contribution is 7.15. The largest absolute Gasteiger partial charge is 0.497 e. The predicted molar refractivity (Wildman–Crippen MR) is 119 cm³/mol. The quantitative estimate of drug-likeness (QED) is 0.558. The molecule has 32 heavy (non-hydrogen) atoms. The van der Waals surface area contributed by atoms with Gasteiger partial charge in [0.15, 0.2) is 5.13 Å². The molecule has 10 nitrogen and oxygen atoms in total. The Labute approximate surface area is 188 Å². The summed E-state index contributed by atoms with van der Waals surface area (Å²) in [5.41, 5.74) is 1.76. The van der Waals surface area contributed by atoms with Crippen LogP contribution in [0.25, 0.3) is 0 Å². The molecule has 0 bridgehead atoms. The number of rotatable bonds is 7. The normalized spacial score (nSPS) is 13.2. The molecular weight excluding hydrogens is 432 g/mol. The van der Waals surface area contributed by atoms with Gasteiger partial charge in [-0.15, -0.1) is 11.3 Å². The van der Waals surface area contributed by atoms with Crippen molar-refractivity contribution in [3.05, 3.63) is 53.1 Å². The minimum Gasteiger partial charge on any atom is -0.497 e. The van der Waals surface area contributed by atoms with Crippen molar-refractivity contribution >= 4 is 34.0 Å². The highest BCUT2D eigenvalue weighted by Gasteiger charge is 2.23. The second kappa shape index (κ2) is 9.71. The molecule has 0 saturated carbocycles. The molecule has 1 aliphatic rings. The van der Waals surface area contributed by atoms with Gasteiger partial charge in [0.1, 0.15) is 17.2 Å². The van der Waals surface area contributed by atoms with Crippen LogP contribution in [0.4, 0.5) is 10.8 Å². The number of ether oxygens (including phenoxy) is 2. The number of nitrogens with zero attached hydrogens (tertiary/aromatic N) is 4. The number of anilines is 2. The highest BCUT2D eigenvalue weighted by Crippen LogP contribution is 2.30. The number of thiazole rings is 1. The van der Waals surface area contributed by atoms with Gasteiger partial charge in [-0.1, -0.05) is 0 Å². The summed E-state index contributed by atoms with van der Waals surface area (Å²) in [6.45, 7) is 1.51. The molecule has 0 fully saturated rings. The van der Waals surface area contributed by atoms with Gasteiger partial charge in [0.05, 0.1) is 38.3 Å². The topological polar surface area (TPSA) is 119 Å². The average Bonchev–Trinajstić information content (AvgIpc) is 3.21. The molecule has 1 aliphatic heterocycles. The van der Waals surface area contributed by atoms with Gasteiger partial charge in [-0.3, -0.25) is 24.8 Å². The Kier molecular flexibility index (Phi) is 6.57. The van der Waals surface area contributed by atoms with Crippen LogP contribution in [-0.2, 0) is 17.8 Å². The zero-order valence-electron chi connectivity index (χ0n) is 17.6. The molecule has 0 radical (unpaired) electrons. The molecule has 166 valence electrons. The number of hydrogen-bond acceptors (Lipinski definition) is 9. The number of carbonyl (C=O) groups excluding carboxylic acids is 2. The van der Waals surface area contributed by atoms with E-state index < -0.39 is 0 Å².